The Morgan fingerprint density at radius 3 is 2.62 bits per heavy atom. The van der Waals surface area contributed by atoms with Crippen LogP contribution in [0.2, 0.25) is 0 Å². The van der Waals surface area contributed by atoms with E-state index in [-0.39, 0.29) is 22.5 Å². The highest BCUT2D eigenvalue weighted by molar-refractivity contribution is 7.17. The van der Waals surface area contributed by atoms with E-state index in [1.807, 2.05) is 0 Å². The molecule has 0 bridgehead atoms. The van der Waals surface area contributed by atoms with E-state index in [1.165, 1.54) is 26.8 Å². The number of anilines is 2. The Morgan fingerprint density at radius 1 is 1.34 bits per heavy atom. The van der Waals surface area contributed by atoms with E-state index >= 15 is 0 Å². The lowest BCUT2D eigenvalue weighted by molar-refractivity contribution is -0.389. The maximum Gasteiger partial charge on any atom is 0.366 e. The summed E-state index contributed by atoms with van der Waals surface area (Å²) < 4.78 is 5.59. The maximum absolute atomic E-state index is 12.8. The molecule has 0 aliphatic carbocycles. The van der Waals surface area contributed by atoms with Crippen LogP contribution in [0.1, 0.15) is 36.1 Å². The molecule has 2 aromatic heterocycles. The summed E-state index contributed by atoms with van der Waals surface area (Å²) in [4.78, 5) is 56.6. The van der Waals surface area contributed by atoms with Gasteiger partial charge in [0.1, 0.15) is 6.54 Å². The lowest BCUT2D eigenvalue weighted by Gasteiger charge is -2.35. The van der Waals surface area contributed by atoms with E-state index in [9.17, 15) is 24.5 Å². The molecule has 1 aliphatic rings. The van der Waals surface area contributed by atoms with Crippen LogP contribution in [-0.2, 0) is 9.59 Å². The average Bonchev–Trinajstić information content (AvgIpc) is 2.98. The van der Waals surface area contributed by atoms with E-state index in [1.54, 1.807) is 6.92 Å². The first-order valence-electron chi connectivity index (χ1n) is 8.44. The molecule has 1 N–H and O–H groups in total. The molecule has 11 nitrogen and oxygen atoms in total. The second-order valence-electron chi connectivity index (χ2n) is 6.79. The number of thiazole rings is 1. The quantitative estimate of drug-likeness (QED) is 0.441. The van der Waals surface area contributed by atoms with Crippen molar-refractivity contribution in [3.63, 3.8) is 0 Å². The number of hydrogen-bond donors (Lipinski definition) is 1. The highest BCUT2D eigenvalue weighted by atomic mass is 32.1. The van der Waals surface area contributed by atoms with E-state index < -0.39 is 34.7 Å². The molecule has 3 rings (SSSR count). The number of amides is 2. The van der Waals surface area contributed by atoms with E-state index in [0.717, 1.165) is 22.3 Å². The molecule has 3 heterocycles. The molecule has 0 aromatic carbocycles. The van der Waals surface area contributed by atoms with Gasteiger partial charge in [0.2, 0.25) is 5.91 Å². The van der Waals surface area contributed by atoms with Gasteiger partial charge in [-0.05, 0) is 36.7 Å². The standard InChI is InChI=1S/C17H17N5O6S/c1-8-13(9(2)23)29-16(18-8)20-12(24)7-21-14-10(28-17(3,4)15(21)25)5-6-11(19-14)22(26)27/h5-6H,7H2,1-4H3,(H,18,20,24). The van der Waals surface area contributed by atoms with Crippen LogP contribution in [0.3, 0.4) is 0 Å². The summed E-state index contributed by atoms with van der Waals surface area (Å²) in [6.45, 7) is 5.63. The third-order valence-corrected chi connectivity index (χ3v) is 5.23. The second kappa shape index (κ2) is 7.20. The lowest BCUT2D eigenvalue weighted by atomic mass is 10.1. The molecule has 0 saturated heterocycles. The van der Waals surface area contributed by atoms with Gasteiger partial charge in [0.05, 0.1) is 10.6 Å². The molecule has 2 aromatic rings. The van der Waals surface area contributed by atoms with Crippen LogP contribution in [0.25, 0.3) is 0 Å². The number of ketones is 1. The Kier molecular flexibility index (Phi) is 5.05. The van der Waals surface area contributed by atoms with Crippen LogP contribution in [-0.4, -0.2) is 44.6 Å². The Labute approximate surface area is 168 Å². The minimum Gasteiger partial charge on any atom is -0.472 e. The molecule has 0 unspecified atom stereocenters. The number of rotatable bonds is 5. The smallest absolute Gasteiger partial charge is 0.366 e. The number of carbonyl (C=O) groups excluding carboxylic acids is 3. The van der Waals surface area contributed by atoms with Gasteiger partial charge in [-0.25, -0.2) is 4.98 Å². The summed E-state index contributed by atoms with van der Waals surface area (Å²) in [7, 11) is 0. The molecule has 29 heavy (non-hydrogen) atoms. The van der Waals surface area contributed by atoms with Crippen molar-refractivity contribution in [2.75, 3.05) is 16.8 Å². The highest BCUT2D eigenvalue weighted by Crippen LogP contribution is 2.37. The normalized spacial score (nSPS) is 14.8. The van der Waals surface area contributed by atoms with Crippen molar-refractivity contribution in [2.45, 2.75) is 33.3 Å². The second-order valence-corrected chi connectivity index (χ2v) is 7.79. The van der Waals surface area contributed by atoms with Crippen LogP contribution in [0.15, 0.2) is 12.1 Å². The van der Waals surface area contributed by atoms with Crippen molar-refractivity contribution < 1.29 is 24.0 Å². The Balaban J connectivity index is 1.89. The maximum atomic E-state index is 12.8. The van der Waals surface area contributed by atoms with Gasteiger partial charge in [-0.15, -0.1) is 0 Å². The Bertz CT molecular complexity index is 1050. The monoisotopic (exact) mass is 419 g/mol. The molecule has 2 amide bonds. The average molecular weight is 419 g/mol. The molecule has 0 fully saturated rings. The number of nitro groups is 1. The molecule has 12 heteroatoms. The first-order valence-corrected chi connectivity index (χ1v) is 9.26. The van der Waals surface area contributed by atoms with E-state index in [0.29, 0.717) is 10.6 Å². The van der Waals surface area contributed by atoms with Gasteiger partial charge in [-0.2, -0.15) is 0 Å². The lowest BCUT2D eigenvalue weighted by Crippen LogP contribution is -2.54. The molecule has 0 saturated carbocycles. The van der Waals surface area contributed by atoms with Gasteiger partial charge in [0.15, 0.2) is 22.3 Å². The Morgan fingerprint density at radius 2 is 2.03 bits per heavy atom. The van der Waals surface area contributed by atoms with Gasteiger partial charge in [0.25, 0.3) is 11.7 Å². The predicted octanol–water partition coefficient (Wildman–Crippen LogP) is 2.10. The summed E-state index contributed by atoms with van der Waals surface area (Å²) >= 11 is 1.02. The molecule has 0 radical (unpaired) electrons. The van der Waals surface area contributed by atoms with Gasteiger partial charge < -0.3 is 20.2 Å². The number of aryl methyl sites for hydroxylation is 1. The van der Waals surface area contributed by atoms with Crippen LogP contribution in [0, 0.1) is 17.0 Å². The van der Waals surface area contributed by atoms with E-state index in [4.69, 9.17) is 4.74 Å². The number of nitrogens with one attached hydrogen (secondary N) is 1. The van der Waals surface area contributed by atoms with Crippen molar-refractivity contribution in [3.8, 4) is 5.75 Å². The zero-order chi connectivity index (χ0) is 21.5. The van der Waals surface area contributed by atoms with Gasteiger partial charge in [-0.1, -0.05) is 11.3 Å². The largest absolute Gasteiger partial charge is 0.472 e. The molecule has 0 spiro atoms. The van der Waals surface area contributed by atoms with E-state index in [2.05, 4.69) is 15.3 Å². The zero-order valence-electron chi connectivity index (χ0n) is 16.0. The van der Waals surface area contributed by atoms with Gasteiger partial charge in [-0.3, -0.25) is 19.3 Å². The zero-order valence-corrected chi connectivity index (χ0v) is 16.8. The van der Waals surface area contributed by atoms with Crippen LogP contribution in [0.5, 0.6) is 5.75 Å². The SMILES string of the molecule is CC(=O)c1sc(NC(=O)CN2C(=O)C(C)(C)Oc3ccc([N+](=O)[O-])nc32)nc1C. The topological polar surface area (TPSA) is 145 Å². The molecule has 152 valence electrons. The van der Waals surface area contributed by atoms with Crippen molar-refractivity contribution >= 4 is 45.7 Å². The van der Waals surface area contributed by atoms with Crippen LogP contribution in [0.4, 0.5) is 16.8 Å². The molecular weight excluding hydrogens is 402 g/mol. The summed E-state index contributed by atoms with van der Waals surface area (Å²) in [6, 6.07) is 2.49. The van der Waals surface area contributed by atoms with Crippen LogP contribution >= 0.6 is 11.3 Å². The molecule has 0 atom stereocenters. The van der Waals surface area contributed by atoms with Crippen molar-refractivity contribution in [3.05, 3.63) is 32.8 Å². The number of ether oxygens (including phenoxy) is 1. The highest BCUT2D eigenvalue weighted by Gasteiger charge is 2.45. The number of fused-ring (bicyclic) bond motifs is 1. The van der Waals surface area contributed by atoms with Gasteiger partial charge in [0, 0.05) is 13.0 Å². The molecule has 1 aliphatic heterocycles. The first-order chi connectivity index (χ1) is 13.5. The van der Waals surface area contributed by atoms with Crippen molar-refractivity contribution in [1.29, 1.82) is 0 Å². The van der Waals surface area contributed by atoms with Crippen LogP contribution < -0.4 is 15.0 Å². The number of pyridine rings is 1. The summed E-state index contributed by atoms with van der Waals surface area (Å²) in [5.41, 5.74) is -0.797. The summed E-state index contributed by atoms with van der Waals surface area (Å²) in [6.07, 6.45) is 0. The predicted molar refractivity (Wildman–Crippen MR) is 103 cm³/mol. The minimum absolute atomic E-state index is 0.113. The first kappa shape index (κ1) is 20.3. The third kappa shape index (κ3) is 3.92. The van der Waals surface area contributed by atoms with Crippen molar-refractivity contribution in [1.82, 2.24) is 9.97 Å². The minimum atomic E-state index is -1.29. The number of Topliss-reactive ketones (excluding diaryl/α,β-unsaturated/α-hetero) is 1. The van der Waals surface area contributed by atoms with Crippen molar-refractivity contribution in [2.24, 2.45) is 0 Å². The fourth-order valence-electron chi connectivity index (χ4n) is 2.77. The number of carbonyl (C=O) groups is 3. The number of nitrogens with zero attached hydrogens (tertiary/aromatic N) is 4. The fourth-order valence-corrected chi connectivity index (χ4v) is 3.64. The fraction of sp³-hybridized carbons (Fsp3) is 0.353. The number of hydrogen-bond acceptors (Lipinski definition) is 9. The van der Waals surface area contributed by atoms with Gasteiger partial charge >= 0.3 is 5.82 Å². The number of aromatic nitrogens is 2. The summed E-state index contributed by atoms with van der Waals surface area (Å²) in [5.74, 6) is -1.79. The Hall–Kier alpha value is -3.41. The summed E-state index contributed by atoms with van der Waals surface area (Å²) in [5, 5.41) is 13.8. The third-order valence-electron chi connectivity index (χ3n) is 4.06. The molecular formula is C17H17N5O6S.